The first-order chi connectivity index (χ1) is 28.1. The summed E-state index contributed by atoms with van der Waals surface area (Å²) in [4.78, 5) is 34.9. The van der Waals surface area contributed by atoms with Crippen LogP contribution in [0.25, 0.3) is 11.1 Å². The van der Waals surface area contributed by atoms with E-state index in [1.165, 1.54) is 21.6 Å². The Morgan fingerprint density at radius 2 is 1.25 bits per heavy atom. The van der Waals surface area contributed by atoms with Crippen molar-refractivity contribution in [2.75, 3.05) is 13.1 Å². The second-order valence-corrected chi connectivity index (χ2v) is 15.9. The van der Waals surface area contributed by atoms with Crippen molar-refractivity contribution in [2.45, 2.75) is 72.8 Å². The summed E-state index contributed by atoms with van der Waals surface area (Å²) < 4.78 is 55.2. The van der Waals surface area contributed by atoms with Crippen molar-refractivity contribution >= 4 is 171 Å². The number of fused-ring (bicyclic) bond motifs is 1. The number of likely N-dealkylation sites (N-methyl/N-ethyl adjacent to an activating group) is 1. The first-order valence-corrected chi connectivity index (χ1v) is 19.4. The molecule has 3 aromatic carbocycles. The van der Waals surface area contributed by atoms with E-state index in [-0.39, 0.29) is 51.4 Å². The average molecular weight is 804 g/mol. The Morgan fingerprint density at radius 3 is 1.72 bits per heavy atom. The second-order valence-electron chi connectivity index (χ2n) is 14.7. The molecule has 0 saturated heterocycles. The fraction of sp³-hybridized carbons (Fsp3) is 0.361. The summed E-state index contributed by atoms with van der Waals surface area (Å²) in [6.45, 7) is 2.55. The van der Waals surface area contributed by atoms with Gasteiger partial charge < -0.3 is 14.4 Å². The number of aromatic nitrogens is 2. The lowest BCUT2D eigenvalue weighted by atomic mass is 9.36. The highest BCUT2D eigenvalue weighted by atomic mass is 32.2. The third kappa shape index (κ3) is 8.91. The highest BCUT2D eigenvalue weighted by molar-refractivity contribution is 8.02. The van der Waals surface area contributed by atoms with Crippen LogP contribution in [0.5, 0.6) is 0 Å². The Bertz CT molecular complexity index is 2390. The smallest absolute Gasteiger partial charge is 0.348 e. The van der Waals surface area contributed by atoms with Crippen LogP contribution < -0.4 is 49.3 Å². The fourth-order valence-electron chi connectivity index (χ4n) is 7.50. The highest BCUT2D eigenvalue weighted by Gasteiger charge is 2.45. The molecule has 28 radical (unpaired) electrons. The minimum atomic E-state index is -5.04. The summed E-state index contributed by atoms with van der Waals surface area (Å²) in [5.41, 5.74) is -6.57. The predicted octanol–water partition coefficient (Wildman–Crippen LogP) is -5.50. The van der Waals surface area contributed by atoms with Crippen LogP contribution >= 0.6 is 11.8 Å². The molecule has 0 saturated carbocycles. The number of nitrogens with zero attached hydrogens (tertiary/aromatic N) is 4. The Hall–Kier alpha value is -3.05. The van der Waals surface area contributed by atoms with E-state index in [1.807, 2.05) is 0 Å². The molecule has 0 aliphatic heterocycles. The number of halogens is 4. The molecule has 276 valence electrons. The highest BCUT2D eigenvalue weighted by Crippen LogP contribution is 2.37. The van der Waals surface area contributed by atoms with Crippen molar-refractivity contribution in [1.82, 2.24) is 19.4 Å². The van der Waals surface area contributed by atoms with Gasteiger partial charge in [-0.1, -0.05) is 81.4 Å². The number of thioether (sulfide) groups is 1. The zero-order valence-corrected chi connectivity index (χ0v) is 34.2. The molecule has 1 heterocycles. The van der Waals surface area contributed by atoms with Gasteiger partial charge >= 0.3 is 6.18 Å². The monoisotopic (exact) mass is 806 g/mol. The van der Waals surface area contributed by atoms with Crippen molar-refractivity contribution in [3.63, 3.8) is 0 Å². The summed E-state index contributed by atoms with van der Waals surface area (Å²) in [6, 6.07) is 5.03. The van der Waals surface area contributed by atoms with Crippen LogP contribution in [0.3, 0.4) is 0 Å². The molecular weight excluding hydrogens is 780 g/mol. The molecule has 6 nitrogen and oxygen atoms in total. The number of rotatable bonds is 13. The molecule has 0 fully saturated rings. The molecule has 0 N–H and O–H groups in total. The third-order valence-electron chi connectivity index (χ3n) is 11.0. The van der Waals surface area contributed by atoms with Crippen LogP contribution in [-0.4, -0.2) is 159 Å². The third-order valence-corrected chi connectivity index (χ3v) is 12.1. The number of hydrogen-bond acceptors (Lipinski definition) is 5. The predicted molar refractivity (Wildman–Crippen MR) is 248 cm³/mol. The van der Waals surface area contributed by atoms with Crippen molar-refractivity contribution < 1.29 is 22.4 Å². The van der Waals surface area contributed by atoms with E-state index in [1.54, 1.807) is 13.8 Å². The zero-order chi connectivity index (χ0) is 45.9. The van der Waals surface area contributed by atoms with Gasteiger partial charge in [-0.05, 0) is 82.0 Å². The minimum absolute atomic E-state index is 0.0782. The van der Waals surface area contributed by atoms with Crippen LogP contribution in [-0.2, 0) is 41.4 Å². The second kappa shape index (κ2) is 17.8. The minimum Gasteiger partial charge on any atom is -0.348 e. The van der Waals surface area contributed by atoms with Crippen molar-refractivity contribution in [2.24, 2.45) is 0 Å². The van der Waals surface area contributed by atoms with Gasteiger partial charge in [-0.15, -0.1) is 0 Å². The van der Waals surface area contributed by atoms with E-state index >= 15 is 0 Å². The maximum absolute atomic E-state index is 15.0. The summed E-state index contributed by atoms with van der Waals surface area (Å²) in [5.74, 6) is -1.42. The number of carbonyl (C=O) groups excluding carboxylic acids is 1. The summed E-state index contributed by atoms with van der Waals surface area (Å²) >= 11 is 0.730. The Kier molecular flexibility index (Phi) is 14.3. The molecule has 0 atom stereocenters. The Balaban J connectivity index is 1.70. The lowest BCUT2D eigenvalue weighted by Crippen LogP contribution is -2.74. The molecule has 25 heteroatoms. The lowest BCUT2D eigenvalue weighted by molar-refractivity contribution is -0.136. The number of alkyl halides is 3. The number of benzene rings is 3. The van der Waals surface area contributed by atoms with Crippen molar-refractivity contribution in [3.05, 3.63) is 68.4 Å². The van der Waals surface area contributed by atoms with E-state index in [2.05, 4.69) is 4.98 Å². The SMILES string of the molecule is [B]c1c([B])c(-c2c([B])c([B])c(C(F)(F)F)c([B])c2[B])c([B])c([B])c1CN(C(=O)Cn1c(SC([B])([B])c2ccc(F)cc2)nc(=O)c2c1CCC2)C([B])([B])C([B])([B])N(CC)CC. The fourth-order valence-corrected chi connectivity index (χ4v) is 8.47. The molecule has 1 aliphatic rings. The summed E-state index contributed by atoms with van der Waals surface area (Å²) in [7, 11) is 90.1. The summed E-state index contributed by atoms with van der Waals surface area (Å²) in [5, 5.41) is -4.76. The van der Waals surface area contributed by atoms with E-state index < -0.39 is 90.1 Å². The van der Waals surface area contributed by atoms with Gasteiger partial charge in [0.15, 0.2) is 5.16 Å². The van der Waals surface area contributed by atoms with Gasteiger partial charge in [-0.25, -0.2) is 4.39 Å². The van der Waals surface area contributed by atoms with E-state index in [4.69, 9.17) is 110 Å². The number of carbonyl (C=O) groups is 1. The Morgan fingerprint density at radius 1 is 0.754 bits per heavy atom. The van der Waals surface area contributed by atoms with Crippen LogP contribution in [0.15, 0.2) is 34.2 Å². The van der Waals surface area contributed by atoms with Crippen LogP contribution in [0.4, 0.5) is 17.6 Å². The molecule has 0 unspecified atom stereocenters. The molecule has 1 aliphatic carbocycles. The van der Waals surface area contributed by atoms with Crippen molar-refractivity contribution in [3.8, 4) is 11.1 Å². The standard InChI is InChI=1S/C36H24B14F4N4O2S/c1-3-56(4-2)35(47,48)36(49,50)58(12-17-23(37)25(39)20(26(40)24(17)38)21-27(41)29(43)22(34(52,53)54)30(44)28(21)42)19(59)13-57-18-7-5-6-16(18)31(60)55-32(57)61-33(45,46)14-8-10-15(51)11-9-14/h8-11H,3-7,12-13H2,1-2H3. The first-order valence-electron chi connectivity index (χ1n) is 18.6. The van der Waals surface area contributed by atoms with Crippen LogP contribution in [0.1, 0.15) is 48.2 Å². The maximum Gasteiger partial charge on any atom is 0.415 e. The number of hydrogen-bond donors (Lipinski definition) is 0. The molecule has 5 rings (SSSR count). The molecule has 4 aromatic rings. The molecular formula is C36H24B14F4N4O2S. The van der Waals surface area contributed by atoms with Gasteiger partial charge in [0.25, 0.3) is 5.56 Å². The molecule has 1 aromatic heterocycles. The lowest BCUT2D eigenvalue weighted by Gasteiger charge is -2.57. The number of amides is 1. The zero-order valence-electron chi connectivity index (χ0n) is 33.4. The molecule has 1 amide bonds. The molecule has 0 spiro atoms. The molecule has 0 bridgehead atoms. The van der Waals surface area contributed by atoms with Crippen LogP contribution in [0, 0.1) is 5.82 Å². The van der Waals surface area contributed by atoms with Gasteiger partial charge in [0, 0.05) is 23.4 Å². The largest absolute Gasteiger partial charge is 0.415 e. The van der Waals surface area contributed by atoms with E-state index in [0.29, 0.717) is 30.5 Å². The van der Waals surface area contributed by atoms with E-state index in [0.717, 1.165) is 28.8 Å². The van der Waals surface area contributed by atoms with Gasteiger partial charge in [-0.2, -0.15) is 18.2 Å². The van der Waals surface area contributed by atoms with Gasteiger partial charge in [0.05, 0.1) is 47.1 Å². The van der Waals surface area contributed by atoms with Gasteiger partial charge in [0.1, 0.15) is 75.1 Å². The van der Waals surface area contributed by atoms with Gasteiger partial charge in [0.2, 0.25) is 5.91 Å². The quantitative estimate of drug-likeness (QED) is 0.0586. The van der Waals surface area contributed by atoms with E-state index in [9.17, 15) is 27.2 Å². The Labute approximate surface area is 376 Å². The first kappa shape index (κ1) is 49.0. The van der Waals surface area contributed by atoms with Crippen LogP contribution in [0.2, 0.25) is 0 Å². The van der Waals surface area contributed by atoms with Crippen molar-refractivity contribution in [1.29, 1.82) is 0 Å². The van der Waals surface area contributed by atoms with Gasteiger partial charge in [-0.3, -0.25) is 9.59 Å². The average Bonchev–Trinajstić information content (AvgIpc) is 3.67. The normalized spacial score (nSPS) is 13.4. The molecule has 61 heavy (non-hydrogen) atoms. The summed E-state index contributed by atoms with van der Waals surface area (Å²) in [6.07, 6.45) is -3.79. The maximum atomic E-state index is 15.0. The topological polar surface area (TPSA) is 58.4 Å².